The molecular formula is C17H17FN2O3S. The molecule has 1 N–H and O–H groups in total. The molecule has 5 nitrogen and oxygen atoms in total. The van der Waals surface area contributed by atoms with E-state index in [9.17, 15) is 19.1 Å². The molecule has 1 aromatic heterocycles. The molecule has 1 saturated heterocycles. The van der Waals surface area contributed by atoms with Gasteiger partial charge in [0.1, 0.15) is 17.1 Å². The third kappa shape index (κ3) is 3.26. The SMILES string of the molecule is O=C(c1ccsc1)N1CCCN(C(=O)c2c(O)cccc2F)CC1. The summed E-state index contributed by atoms with van der Waals surface area (Å²) in [7, 11) is 0. The zero-order valence-electron chi connectivity index (χ0n) is 12.9. The molecule has 0 bridgehead atoms. The molecule has 1 fully saturated rings. The Balaban J connectivity index is 1.71. The van der Waals surface area contributed by atoms with Gasteiger partial charge in [0, 0.05) is 31.6 Å². The van der Waals surface area contributed by atoms with Gasteiger partial charge in [-0.05, 0) is 30.0 Å². The summed E-state index contributed by atoms with van der Waals surface area (Å²) in [5.41, 5.74) is 0.335. The van der Waals surface area contributed by atoms with E-state index in [-0.39, 0.29) is 17.2 Å². The summed E-state index contributed by atoms with van der Waals surface area (Å²) < 4.78 is 13.9. The van der Waals surface area contributed by atoms with Gasteiger partial charge in [0.2, 0.25) is 0 Å². The molecule has 2 amide bonds. The number of thiophene rings is 1. The molecule has 1 aliphatic heterocycles. The van der Waals surface area contributed by atoms with E-state index in [2.05, 4.69) is 0 Å². The van der Waals surface area contributed by atoms with Crippen molar-refractivity contribution in [3.8, 4) is 5.75 Å². The van der Waals surface area contributed by atoms with Crippen molar-refractivity contribution >= 4 is 23.2 Å². The van der Waals surface area contributed by atoms with E-state index < -0.39 is 11.7 Å². The quantitative estimate of drug-likeness (QED) is 0.907. The van der Waals surface area contributed by atoms with Gasteiger partial charge in [0.05, 0.1) is 5.56 Å². The van der Waals surface area contributed by atoms with Crippen LogP contribution in [-0.4, -0.2) is 52.9 Å². The fourth-order valence-electron chi connectivity index (χ4n) is 2.77. The number of carbonyl (C=O) groups excluding carboxylic acids is 2. The number of phenolic OH excluding ortho intramolecular Hbond substituents is 1. The lowest BCUT2D eigenvalue weighted by molar-refractivity contribution is 0.0714. The molecule has 1 aliphatic rings. The van der Waals surface area contributed by atoms with Crippen LogP contribution in [-0.2, 0) is 0 Å². The summed E-state index contributed by atoms with van der Waals surface area (Å²) >= 11 is 1.46. The number of hydrogen-bond acceptors (Lipinski definition) is 4. The van der Waals surface area contributed by atoms with Crippen molar-refractivity contribution in [3.63, 3.8) is 0 Å². The monoisotopic (exact) mass is 348 g/mol. The Bertz CT molecular complexity index is 728. The average molecular weight is 348 g/mol. The van der Waals surface area contributed by atoms with Crippen molar-refractivity contribution in [1.29, 1.82) is 0 Å². The summed E-state index contributed by atoms with van der Waals surface area (Å²) in [4.78, 5) is 28.1. The van der Waals surface area contributed by atoms with E-state index in [1.165, 1.54) is 28.4 Å². The van der Waals surface area contributed by atoms with Crippen molar-refractivity contribution in [3.05, 3.63) is 52.0 Å². The molecule has 0 spiro atoms. The highest BCUT2D eigenvalue weighted by Crippen LogP contribution is 2.22. The van der Waals surface area contributed by atoms with Crippen LogP contribution in [0.3, 0.4) is 0 Å². The molecule has 0 atom stereocenters. The minimum absolute atomic E-state index is 0.0562. The number of rotatable bonds is 2. The van der Waals surface area contributed by atoms with Crippen LogP contribution in [0.5, 0.6) is 5.75 Å². The van der Waals surface area contributed by atoms with E-state index in [0.717, 1.165) is 6.07 Å². The summed E-state index contributed by atoms with van der Waals surface area (Å²) in [6, 6.07) is 5.57. The second kappa shape index (κ2) is 7.00. The van der Waals surface area contributed by atoms with Gasteiger partial charge < -0.3 is 14.9 Å². The minimum Gasteiger partial charge on any atom is -0.507 e. The number of aromatic hydroxyl groups is 1. The van der Waals surface area contributed by atoms with Gasteiger partial charge in [-0.2, -0.15) is 11.3 Å². The Morgan fingerprint density at radius 2 is 1.75 bits per heavy atom. The first-order chi connectivity index (χ1) is 11.6. The molecular weight excluding hydrogens is 331 g/mol. The van der Waals surface area contributed by atoms with Crippen molar-refractivity contribution in [2.45, 2.75) is 6.42 Å². The van der Waals surface area contributed by atoms with E-state index in [1.54, 1.807) is 16.3 Å². The fourth-order valence-corrected chi connectivity index (χ4v) is 3.40. The second-order valence-electron chi connectivity index (χ2n) is 5.58. The van der Waals surface area contributed by atoms with Crippen molar-refractivity contribution < 1.29 is 19.1 Å². The van der Waals surface area contributed by atoms with Gasteiger partial charge in [-0.15, -0.1) is 0 Å². The first-order valence-electron chi connectivity index (χ1n) is 7.66. The normalized spacial score (nSPS) is 15.2. The number of hydrogen-bond donors (Lipinski definition) is 1. The van der Waals surface area contributed by atoms with Crippen LogP contribution in [0.1, 0.15) is 27.1 Å². The van der Waals surface area contributed by atoms with E-state index in [4.69, 9.17) is 0 Å². The minimum atomic E-state index is -0.740. The molecule has 2 aromatic rings. The maximum absolute atomic E-state index is 13.9. The third-order valence-electron chi connectivity index (χ3n) is 4.04. The molecule has 126 valence electrons. The Morgan fingerprint density at radius 3 is 2.38 bits per heavy atom. The topological polar surface area (TPSA) is 60.9 Å². The standard InChI is InChI=1S/C17H17FN2O3S/c18-13-3-1-4-14(21)15(13)17(23)20-7-2-6-19(8-9-20)16(22)12-5-10-24-11-12/h1,3-5,10-11,21H,2,6-9H2. The smallest absolute Gasteiger partial charge is 0.260 e. The molecule has 0 aliphatic carbocycles. The van der Waals surface area contributed by atoms with Crippen LogP contribution < -0.4 is 0 Å². The van der Waals surface area contributed by atoms with Crippen LogP contribution >= 0.6 is 11.3 Å². The first kappa shape index (κ1) is 16.4. The number of nitrogens with zero attached hydrogens (tertiary/aromatic N) is 2. The number of phenols is 1. The maximum atomic E-state index is 13.9. The summed E-state index contributed by atoms with van der Waals surface area (Å²) in [5.74, 6) is -1.71. The predicted molar refractivity (Wildman–Crippen MR) is 88.8 cm³/mol. The van der Waals surface area contributed by atoms with Crippen molar-refractivity contribution in [2.75, 3.05) is 26.2 Å². The Hall–Kier alpha value is -2.41. The number of halogens is 1. The van der Waals surface area contributed by atoms with Crippen LogP contribution in [0.2, 0.25) is 0 Å². The van der Waals surface area contributed by atoms with Gasteiger partial charge in [-0.1, -0.05) is 6.07 Å². The third-order valence-corrected chi connectivity index (χ3v) is 4.73. The molecule has 3 rings (SSSR count). The van der Waals surface area contributed by atoms with Crippen molar-refractivity contribution in [2.24, 2.45) is 0 Å². The van der Waals surface area contributed by atoms with Gasteiger partial charge in [-0.25, -0.2) is 4.39 Å². The molecule has 24 heavy (non-hydrogen) atoms. The molecule has 7 heteroatoms. The fraction of sp³-hybridized carbons (Fsp3) is 0.294. The molecule has 2 heterocycles. The van der Waals surface area contributed by atoms with Crippen LogP contribution in [0.4, 0.5) is 4.39 Å². The lowest BCUT2D eigenvalue weighted by atomic mass is 10.1. The van der Waals surface area contributed by atoms with Crippen molar-refractivity contribution in [1.82, 2.24) is 9.80 Å². The highest BCUT2D eigenvalue weighted by Gasteiger charge is 2.26. The van der Waals surface area contributed by atoms with Crippen LogP contribution in [0.15, 0.2) is 35.0 Å². The van der Waals surface area contributed by atoms with E-state index >= 15 is 0 Å². The predicted octanol–water partition coefficient (Wildman–Crippen LogP) is 2.58. The summed E-state index contributed by atoms with van der Waals surface area (Å²) in [6.07, 6.45) is 0.608. The zero-order chi connectivity index (χ0) is 17.1. The largest absolute Gasteiger partial charge is 0.507 e. The van der Waals surface area contributed by atoms with Gasteiger partial charge >= 0.3 is 0 Å². The molecule has 0 unspecified atom stereocenters. The van der Waals surface area contributed by atoms with Gasteiger partial charge in [0.25, 0.3) is 11.8 Å². The number of amides is 2. The van der Waals surface area contributed by atoms with E-state index in [0.29, 0.717) is 38.2 Å². The highest BCUT2D eigenvalue weighted by atomic mass is 32.1. The zero-order valence-corrected chi connectivity index (χ0v) is 13.8. The lowest BCUT2D eigenvalue weighted by Crippen LogP contribution is -2.37. The Labute approximate surface area is 142 Å². The van der Waals surface area contributed by atoms with Gasteiger partial charge in [-0.3, -0.25) is 9.59 Å². The number of benzene rings is 1. The van der Waals surface area contributed by atoms with Crippen LogP contribution in [0, 0.1) is 5.82 Å². The Kier molecular flexibility index (Phi) is 4.80. The first-order valence-corrected chi connectivity index (χ1v) is 8.60. The summed E-state index contributed by atoms with van der Waals surface area (Å²) in [5, 5.41) is 13.4. The second-order valence-corrected chi connectivity index (χ2v) is 6.36. The molecule has 1 aromatic carbocycles. The highest BCUT2D eigenvalue weighted by molar-refractivity contribution is 7.08. The number of carbonyl (C=O) groups is 2. The lowest BCUT2D eigenvalue weighted by Gasteiger charge is -2.22. The molecule has 0 saturated carbocycles. The van der Waals surface area contributed by atoms with E-state index in [1.807, 2.05) is 5.38 Å². The Morgan fingerprint density at radius 1 is 1.04 bits per heavy atom. The maximum Gasteiger partial charge on any atom is 0.260 e. The van der Waals surface area contributed by atoms with Gasteiger partial charge in [0.15, 0.2) is 0 Å². The molecule has 0 radical (unpaired) electrons. The summed E-state index contributed by atoms with van der Waals surface area (Å²) in [6.45, 7) is 1.65. The average Bonchev–Trinajstić information content (AvgIpc) is 2.98. The van der Waals surface area contributed by atoms with Crippen LogP contribution in [0.25, 0.3) is 0 Å².